The van der Waals surface area contributed by atoms with Gasteiger partial charge in [-0.3, -0.25) is 9.78 Å². The van der Waals surface area contributed by atoms with E-state index in [0.29, 0.717) is 23.9 Å². The van der Waals surface area contributed by atoms with Crippen molar-refractivity contribution in [2.24, 2.45) is 5.92 Å². The van der Waals surface area contributed by atoms with Crippen molar-refractivity contribution in [3.05, 3.63) is 24.0 Å². The van der Waals surface area contributed by atoms with Crippen molar-refractivity contribution in [2.75, 3.05) is 12.3 Å². The number of carbonyl (C=O) groups excluding carboxylic acids is 1. The highest BCUT2D eigenvalue weighted by molar-refractivity contribution is 5.72. The molecule has 4 nitrogen and oxygen atoms in total. The number of aromatic nitrogens is 1. The molecule has 92 valence electrons. The van der Waals surface area contributed by atoms with Gasteiger partial charge in [0, 0.05) is 0 Å². The van der Waals surface area contributed by atoms with Crippen LogP contribution in [-0.4, -0.2) is 17.6 Å². The third-order valence-corrected chi connectivity index (χ3v) is 3.13. The van der Waals surface area contributed by atoms with Gasteiger partial charge < -0.3 is 10.5 Å². The lowest BCUT2D eigenvalue weighted by molar-refractivity contribution is -0.144. The molecule has 1 aliphatic carbocycles. The highest BCUT2D eigenvalue weighted by Gasteiger charge is 2.17. The summed E-state index contributed by atoms with van der Waals surface area (Å²) in [6, 6.07) is 3.50. The number of nitrogens with zero attached hydrogens (tertiary/aromatic N) is 1. The number of hydrogen-bond acceptors (Lipinski definition) is 4. The molecule has 1 fully saturated rings. The fourth-order valence-corrected chi connectivity index (χ4v) is 2.13. The molecule has 1 aliphatic rings. The van der Waals surface area contributed by atoms with Crippen molar-refractivity contribution in [1.29, 1.82) is 0 Å². The zero-order valence-electron chi connectivity index (χ0n) is 9.89. The Morgan fingerprint density at radius 1 is 1.41 bits per heavy atom. The highest BCUT2D eigenvalue weighted by atomic mass is 16.5. The third-order valence-electron chi connectivity index (χ3n) is 3.13. The number of anilines is 1. The Kier molecular flexibility index (Phi) is 3.96. The number of esters is 1. The maximum Gasteiger partial charge on any atom is 0.311 e. The van der Waals surface area contributed by atoms with Crippen LogP contribution in [0.5, 0.6) is 0 Å². The zero-order valence-corrected chi connectivity index (χ0v) is 9.89. The number of nitrogen functional groups attached to an aromatic ring is 1. The molecule has 2 N–H and O–H groups in total. The molecular formula is C13H18N2O2. The minimum Gasteiger partial charge on any atom is -0.465 e. The van der Waals surface area contributed by atoms with Gasteiger partial charge in [-0.15, -0.1) is 0 Å². The van der Waals surface area contributed by atoms with E-state index in [-0.39, 0.29) is 12.4 Å². The lowest BCUT2D eigenvalue weighted by atomic mass is 10.1. The molecule has 0 atom stereocenters. The number of carbonyl (C=O) groups is 1. The predicted molar refractivity (Wildman–Crippen MR) is 65.3 cm³/mol. The van der Waals surface area contributed by atoms with Crippen LogP contribution in [0.4, 0.5) is 5.69 Å². The molecule has 0 saturated heterocycles. The molecule has 4 heteroatoms. The molecule has 0 unspecified atom stereocenters. The molecule has 0 aliphatic heterocycles. The second-order valence-corrected chi connectivity index (χ2v) is 4.59. The Morgan fingerprint density at radius 3 is 2.82 bits per heavy atom. The fourth-order valence-electron chi connectivity index (χ4n) is 2.13. The van der Waals surface area contributed by atoms with E-state index in [9.17, 15) is 4.79 Å². The lowest BCUT2D eigenvalue weighted by Crippen LogP contribution is -2.14. The second kappa shape index (κ2) is 5.66. The summed E-state index contributed by atoms with van der Waals surface area (Å²) in [5, 5.41) is 0. The maximum absolute atomic E-state index is 11.6. The summed E-state index contributed by atoms with van der Waals surface area (Å²) in [5.74, 6) is 0.368. The first-order valence-electron chi connectivity index (χ1n) is 6.10. The summed E-state index contributed by atoms with van der Waals surface area (Å²) in [7, 11) is 0. The Labute approximate surface area is 101 Å². The van der Waals surface area contributed by atoms with Crippen LogP contribution in [0.3, 0.4) is 0 Å². The Hall–Kier alpha value is -1.58. The van der Waals surface area contributed by atoms with Crippen LogP contribution in [0.25, 0.3) is 0 Å². The van der Waals surface area contributed by atoms with Crippen LogP contribution >= 0.6 is 0 Å². The minimum atomic E-state index is -0.200. The van der Waals surface area contributed by atoms with Gasteiger partial charge >= 0.3 is 5.97 Å². The topological polar surface area (TPSA) is 65.2 Å². The summed E-state index contributed by atoms with van der Waals surface area (Å²) in [6.07, 6.45) is 6.69. The molecule has 0 amide bonds. The van der Waals surface area contributed by atoms with Crippen molar-refractivity contribution in [1.82, 2.24) is 4.98 Å². The van der Waals surface area contributed by atoms with Crippen LogP contribution in [-0.2, 0) is 16.0 Å². The molecule has 1 aromatic rings. The van der Waals surface area contributed by atoms with Crippen LogP contribution in [0.1, 0.15) is 31.4 Å². The Balaban J connectivity index is 1.74. The van der Waals surface area contributed by atoms with Crippen molar-refractivity contribution >= 4 is 11.7 Å². The molecule has 1 saturated carbocycles. The van der Waals surface area contributed by atoms with E-state index in [1.165, 1.54) is 25.7 Å². The van der Waals surface area contributed by atoms with E-state index in [2.05, 4.69) is 4.98 Å². The molecule has 0 spiro atoms. The van der Waals surface area contributed by atoms with Crippen LogP contribution < -0.4 is 5.73 Å². The Bertz CT molecular complexity index is 370. The van der Waals surface area contributed by atoms with Gasteiger partial charge in [-0.25, -0.2) is 0 Å². The van der Waals surface area contributed by atoms with Gasteiger partial charge in [0.2, 0.25) is 0 Å². The molecule has 0 radical (unpaired) electrons. The number of nitrogens with two attached hydrogens (primary N) is 1. The SMILES string of the molecule is Nc1ccc(CC(=O)OCC2CCCC2)nc1. The number of rotatable bonds is 4. The maximum atomic E-state index is 11.6. The van der Waals surface area contributed by atoms with E-state index < -0.39 is 0 Å². The van der Waals surface area contributed by atoms with Gasteiger partial charge in [0.25, 0.3) is 0 Å². The van der Waals surface area contributed by atoms with Crippen molar-refractivity contribution in [3.8, 4) is 0 Å². The summed E-state index contributed by atoms with van der Waals surface area (Å²) in [4.78, 5) is 15.6. The standard InChI is InChI=1S/C13H18N2O2/c14-11-5-6-12(15-8-11)7-13(16)17-9-10-3-1-2-4-10/h5-6,8,10H,1-4,7,9,14H2. The largest absolute Gasteiger partial charge is 0.465 e. The van der Waals surface area contributed by atoms with Gasteiger partial charge in [0.1, 0.15) is 0 Å². The molecule has 1 heterocycles. The summed E-state index contributed by atoms with van der Waals surface area (Å²) < 4.78 is 5.25. The van der Waals surface area contributed by atoms with Crippen LogP contribution in [0.2, 0.25) is 0 Å². The monoisotopic (exact) mass is 234 g/mol. The first-order valence-corrected chi connectivity index (χ1v) is 6.10. The normalized spacial score (nSPS) is 16.0. The number of pyridine rings is 1. The zero-order chi connectivity index (χ0) is 12.1. The quantitative estimate of drug-likeness (QED) is 0.808. The highest BCUT2D eigenvalue weighted by Crippen LogP contribution is 2.24. The van der Waals surface area contributed by atoms with E-state index >= 15 is 0 Å². The molecular weight excluding hydrogens is 216 g/mol. The van der Waals surface area contributed by atoms with Gasteiger partial charge in [0.05, 0.1) is 30.6 Å². The van der Waals surface area contributed by atoms with Crippen molar-refractivity contribution < 1.29 is 9.53 Å². The first kappa shape index (κ1) is 11.9. The molecule has 1 aromatic heterocycles. The Morgan fingerprint density at radius 2 is 2.18 bits per heavy atom. The fraction of sp³-hybridized carbons (Fsp3) is 0.538. The minimum absolute atomic E-state index is 0.200. The first-order chi connectivity index (χ1) is 8.24. The van der Waals surface area contributed by atoms with Crippen molar-refractivity contribution in [2.45, 2.75) is 32.1 Å². The van der Waals surface area contributed by atoms with E-state index in [1.54, 1.807) is 18.3 Å². The molecule has 17 heavy (non-hydrogen) atoms. The third kappa shape index (κ3) is 3.73. The summed E-state index contributed by atoms with van der Waals surface area (Å²) >= 11 is 0. The number of hydrogen-bond donors (Lipinski definition) is 1. The van der Waals surface area contributed by atoms with E-state index in [1.807, 2.05) is 0 Å². The van der Waals surface area contributed by atoms with Gasteiger partial charge in [-0.2, -0.15) is 0 Å². The summed E-state index contributed by atoms with van der Waals surface area (Å²) in [6.45, 7) is 0.563. The predicted octanol–water partition coefficient (Wildman–Crippen LogP) is 1.94. The smallest absolute Gasteiger partial charge is 0.311 e. The molecule has 0 bridgehead atoms. The number of ether oxygens (including phenoxy) is 1. The summed E-state index contributed by atoms with van der Waals surface area (Å²) in [5.41, 5.74) is 6.83. The van der Waals surface area contributed by atoms with Gasteiger partial charge in [0.15, 0.2) is 0 Å². The lowest BCUT2D eigenvalue weighted by Gasteiger charge is -2.09. The van der Waals surface area contributed by atoms with E-state index in [0.717, 1.165) is 0 Å². The molecule has 2 rings (SSSR count). The second-order valence-electron chi connectivity index (χ2n) is 4.59. The van der Waals surface area contributed by atoms with Crippen LogP contribution in [0, 0.1) is 5.92 Å². The van der Waals surface area contributed by atoms with E-state index in [4.69, 9.17) is 10.5 Å². The van der Waals surface area contributed by atoms with Crippen molar-refractivity contribution in [3.63, 3.8) is 0 Å². The average Bonchev–Trinajstić information content (AvgIpc) is 2.83. The molecule has 0 aromatic carbocycles. The average molecular weight is 234 g/mol. The van der Waals surface area contributed by atoms with Gasteiger partial charge in [-0.1, -0.05) is 12.8 Å². The van der Waals surface area contributed by atoms with Crippen LogP contribution in [0.15, 0.2) is 18.3 Å². The van der Waals surface area contributed by atoms with Gasteiger partial charge in [-0.05, 0) is 30.9 Å².